The number of hydrogen-bond acceptors (Lipinski definition) is 3. The zero-order valence-electron chi connectivity index (χ0n) is 11.3. The monoisotopic (exact) mass is 265 g/mol. The molecule has 1 N–H and O–H groups in total. The standard InChI is InChI=1S/C15H23NOS/c1-3-9-16-11-13-4-6-14(7-5-13)18-15-8-10-17-12(15)2/h4-7,12,15-16H,3,8-11H2,1-2H3. The first kappa shape index (κ1) is 13.9. The molecule has 100 valence electrons. The van der Waals surface area contributed by atoms with Crippen molar-refractivity contribution in [2.75, 3.05) is 13.2 Å². The van der Waals surface area contributed by atoms with E-state index in [1.807, 2.05) is 11.8 Å². The molecule has 0 aromatic heterocycles. The van der Waals surface area contributed by atoms with Crippen LogP contribution in [0.4, 0.5) is 0 Å². The summed E-state index contributed by atoms with van der Waals surface area (Å²) in [5.74, 6) is 0. The Bertz CT molecular complexity index is 352. The molecule has 1 heterocycles. The summed E-state index contributed by atoms with van der Waals surface area (Å²) in [5, 5.41) is 4.04. The lowest BCUT2D eigenvalue weighted by atomic mass is 10.2. The quantitative estimate of drug-likeness (QED) is 0.796. The van der Waals surface area contributed by atoms with E-state index in [0.717, 1.165) is 19.7 Å². The first-order chi connectivity index (χ1) is 8.79. The predicted octanol–water partition coefficient (Wildman–Crippen LogP) is 3.46. The highest BCUT2D eigenvalue weighted by Crippen LogP contribution is 2.32. The minimum atomic E-state index is 0.390. The van der Waals surface area contributed by atoms with E-state index < -0.39 is 0 Å². The molecule has 2 rings (SSSR count). The third kappa shape index (κ3) is 4.01. The van der Waals surface area contributed by atoms with Crippen molar-refractivity contribution in [1.82, 2.24) is 5.32 Å². The van der Waals surface area contributed by atoms with Gasteiger partial charge in [0.1, 0.15) is 0 Å². The van der Waals surface area contributed by atoms with Crippen LogP contribution < -0.4 is 5.32 Å². The van der Waals surface area contributed by atoms with Crippen molar-refractivity contribution in [3.63, 3.8) is 0 Å². The van der Waals surface area contributed by atoms with E-state index in [9.17, 15) is 0 Å². The van der Waals surface area contributed by atoms with Gasteiger partial charge in [-0.15, -0.1) is 11.8 Å². The number of ether oxygens (including phenoxy) is 1. The largest absolute Gasteiger partial charge is 0.377 e. The minimum absolute atomic E-state index is 0.390. The van der Waals surface area contributed by atoms with Crippen molar-refractivity contribution in [3.8, 4) is 0 Å². The molecule has 0 amide bonds. The second-order valence-corrected chi connectivity index (χ2v) is 6.15. The van der Waals surface area contributed by atoms with Gasteiger partial charge in [-0.2, -0.15) is 0 Å². The molecule has 1 fully saturated rings. The van der Waals surface area contributed by atoms with Crippen LogP contribution in [-0.4, -0.2) is 24.5 Å². The molecule has 18 heavy (non-hydrogen) atoms. The molecule has 2 unspecified atom stereocenters. The van der Waals surface area contributed by atoms with Gasteiger partial charge in [0, 0.05) is 23.3 Å². The maximum atomic E-state index is 5.60. The number of rotatable bonds is 6. The fourth-order valence-electron chi connectivity index (χ4n) is 2.14. The molecule has 1 aliphatic rings. The summed E-state index contributed by atoms with van der Waals surface area (Å²) in [4.78, 5) is 1.36. The molecule has 2 nitrogen and oxygen atoms in total. The average Bonchev–Trinajstić information content (AvgIpc) is 2.78. The van der Waals surface area contributed by atoms with Crippen LogP contribution in [0.1, 0.15) is 32.3 Å². The summed E-state index contributed by atoms with van der Waals surface area (Å²) in [6, 6.07) is 8.92. The third-order valence-electron chi connectivity index (χ3n) is 3.27. The second-order valence-electron chi connectivity index (χ2n) is 4.84. The molecule has 1 aromatic carbocycles. The van der Waals surface area contributed by atoms with Crippen LogP contribution in [0.15, 0.2) is 29.2 Å². The molecule has 0 aliphatic carbocycles. The molecule has 1 aliphatic heterocycles. The molecular formula is C15H23NOS. The molecular weight excluding hydrogens is 242 g/mol. The van der Waals surface area contributed by atoms with Crippen LogP contribution in [0, 0.1) is 0 Å². The highest BCUT2D eigenvalue weighted by Gasteiger charge is 2.24. The van der Waals surface area contributed by atoms with Gasteiger partial charge in [0.2, 0.25) is 0 Å². The lowest BCUT2D eigenvalue weighted by molar-refractivity contribution is 0.127. The molecule has 0 saturated carbocycles. The van der Waals surface area contributed by atoms with Crippen LogP contribution >= 0.6 is 11.8 Å². The second kappa shape index (κ2) is 7.17. The first-order valence-corrected chi connectivity index (χ1v) is 7.75. The fourth-order valence-corrected chi connectivity index (χ4v) is 3.26. The van der Waals surface area contributed by atoms with E-state index in [0.29, 0.717) is 11.4 Å². The van der Waals surface area contributed by atoms with Gasteiger partial charge in [0.05, 0.1) is 6.10 Å². The summed E-state index contributed by atoms with van der Waals surface area (Å²) >= 11 is 1.95. The summed E-state index contributed by atoms with van der Waals surface area (Å²) < 4.78 is 5.60. The Morgan fingerprint density at radius 3 is 2.72 bits per heavy atom. The number of thioether (sulfide) groups is 1. The molecule has 3 heteroatoms. The first-order valence-electron chi connectivity index (χ1n) is 6.87. The van der Waals surface area contributed by atoms with Crippen molar-refractivity contribution in [3.05, 3.63) is 29.8 Å². The maximum Gasteiger partial charge on any atom is 0.0669 e. The summed E-state index contributed by atoms with van der Waals surface area (Å²) in [6.45, 7) is 7.35. The highest BCUT2D eigenvalue weighted by molar-refractivity contribution is 8.00. The molecule has 1 saturated heterocycles. The Kier molecular flexibility index (Phi) is 5.54. The number of nitrogens with one attached hydrogen (secondary N) is 1. The van der Waals surface area contributed by atoms with E-state index in [1.54, 1.807) is 0 Å². The Morgan fingerprint density at radius 2 is 2.11 bits per heavy atom. The molecule has 0 spiro atoms. The van der Waals surface area contributed by atoms with Crippen molar-refractivity contribution in [2.45, 2.75) is 49.5 Å². The van der Waals surface area contributed by atoms with E-state index in [2.05, 4.69) is 43.4 Å². The normalized spacial score (nSPS) is 23.4. The zero-order chi connectivity index (χ0) is 12.8. The smallest absolute Gasteiger partial charge is 0.0669 e. The van der Waals surface area contributed by atoms with Crippen molar-refractivity contribution >= 4 is 11.8 Å². The Labute approximate surface area is 114 Å². The van der Waals surface area contributed by atoms with E-state index >= 15 is 0 Å². The van der Waals surface area contributed by atoms with Gasteiger partial charge in [-0.25, -0.2) is 0 Å². The lowest BCUT2D eigenvalue weighted by Gasteiger charge is -2.13. The van der Waals surface area contributed by atoms with Gasteiger partial charge in [-0.3, -0.25) is 0 Å². The third-order valence-corrected chi connectivity index (χ3v) is 4.74. The molecule has 0 radical (unpaired) electrons. The predicted molar refractivity (Wildman–Crippen MR) is 78.1 cm³/mol. The zero-order valence-corrected chi connectivity index (χ0v) is 12.1. The Hall–Kier alpha value is -0.510. The van der Waals surface area contributed by atoms with Crippen LogP contribution in [0.2, 0.25) is 0 Å². The van der Waals surface area contributed by atoms with Crippen LogP contribution in [-0.2, 0) is 11.3 Å². The lowest BCUT2D eigenvalue weighted by Crippen LogP contribution is -2.14. The molecule has 1 aromatic rings. The topological polar surface area (TPSA) is 21.3 Å². The average molecular weight is 265 g/mol. The van der Waals surface area contributed by atoms with Gasteiger partial charge in [0.25, 0.3) is 0 Å². The van der Waals surface area contributed by atoms with Crippen LogP contribution in [0.25, 0.3) is 0 Å². The molecule has 0 bridgehead atoms. The Balaban J connectivity index is 1.83. The highest BCUT2D eigenvalue weighted by atomic mass is 32.2. The summed E-state index contributed by atoms with van der Waals surface area (Å²) in [6.07, 6.45) is 2.75. The van der Waals surface area contributed by atoms with Crippen LogP contribution in [0.3, 0.4) is 0 Å². The van der Waals surface area contributed by atoms with Gasteiger partial charge >= 0.3 is 0 Å². The maximum absolute atomic E-state index is 5.60. The SMILES string of the molecule is CCCNCc1ccc(SC2CCOC2C)cc1. The van der Waals surface area contributed by atoms with Crippen molar-refractivity contribution in [1.29, 1.82) is 0 Å². The van der Waals surface area contributed by atoms with E-state index in [1.165, 1.54) is 23.3 Å². The Morgan fingerprint density at radius 1 is 1.33 bits per heavy atom. The molecule has 2 atom stereocenters. The minimum Gasteiger partial charge on any atom is -0.377 e. The van der Waals surface area contributed by atoms with E-state index in [4.69, 9.17) is 4.74 Å². The van der Waals surface area contributed by atoms with Crippen molar-refractivity contribution in [2.24, 2.45) is 0 Å². The number of benzene rings is 1. The van der Waals surface area contributed by atoms with Crippen molar-refractivity contribution < 1.29 is 4.74 Å². The van der Waals surface area contributed by atoms with E-state index in [-0.39, 0.29) is 0 Å². The van der Waals surface area contributed by atoms with Gasteiger partial charge in [-0.05, 0) is 44.0 Å². The van der Waals surface area contributed by atoms with Crippen LogP contribution in [0.5, 0.6) is 0 Å². The van der Waals surface area contributed by atoms with Gasteiger partial charge in [-0.1, -0.05) is 19.1 Å². The summed E-state index contributed by atoms with van der Waals surface area (Å²) in [5.41, 5.74) is 1.36. The van der Waals surface area contributed by atoms with Gasteiger partial charge in [0.15, 0.2) is 0 Å². The number of hydrogen-bond donors (Lipinski definition) is 1. The summed E-state index contributed by atoms with van der Waals surface area (Å²) in [7, 11) is 0. The fraction of sp³-hybridized carbons (Fsp3) is 0.600. The van der Waals surface area contributed by atoms with Gasteiger partial charge < -0.3 is 10.1 Å².